The summed E-state index contributed by atoms with van der Waals surface area (Å²) in [4.78, 5) is 25.5. The first-order valence-electron chi connectivity index (χ1n) is 10.6. The van der Waals surface area contributed by atoms with Gasteiger partial charge in [0.25, 0.3) is 0 Å². The number of aliphatic hydroxyl groups excluding tert-OH is 2. The first-order valence-corrected chi connectivity index (χ1v) is 10.6. The molecule has 29 heavy (non-hydrogen) atoms. The molecule has 2 saturated heterocycles. The summed E-state index contributed by atoms with van der Waals surface area (Å²) in [6, 6.07) is 0. The van der Waals surface area contributed by atoms with E-state index in [1.54, 1.807) is 0 Å². The molecule has 6 aliphatic rings. The second-order valence-corrected chi connectivity index (χ2v) is 10.5. The molecule has 0 aromatic heterocycles. The molecule has 7 heteroatoms. The van der Waals surface area contributed by atoms with Crippen LogP contribution in [-0.2, 0) is 19.1 Å². The van der Waals surface area contributed by atoms with E-state index in [1.165, 1.54) is 6.92 Å². The number of hydrogen-bond donors (Lipinski definition) is 3. The van der Waals surface area contributed by atoms with Crippen LogP contribution in [0.1, 0.15) is 46.5 Å². The van der Waals surface area contributed by atoms with E-state index in [0.717, 1.165) is 0 Å². The van der Waals surface area contributed by atoms with Gasteiger partial charge in [-0.05, 0) is 42.6 Å². The Hall–Kier alpha value is -1.28. The summed E-state index contributed by atoms with van der Waals surface area (Å²) in [7, 11) is 0. The number of Topliss-reactive ketones (excluding diaryl/α,β-unsaturated/α-hetero) is 1. The molecule has 7 nitrogen and oxygen atoms in total. The minimum Gasteiger partial charge on any atom is -0.462 e. The molecule has 3 N–H and O–H groups in total. The highest BCUT2D eigenvalue weighted by Crippen LogP contribution is 2.76. The topological polar surface area (TPSA) is 113 Å². The van der Waals surface area contributed by atoms with Gasteiger partial charge in [0, 0.05) is 24.2 Å². The highest BCUT2D eigenvalue weighted by molar-refractivity contribution is 6.05. The van der Waals surface area contributed by atoms with Gasteiger partial charge in [-0.1, -0.05) is 20.4 Å². The van der Waals surface area contributed by atoms with Gasteiger partial charge in [-0.3, -0.25) is 9.59 Å². The molecule has 2 spiro atoms. The summed E-state index contributed by atoms with van der Waals surface area (Å²) >= 11 is 0. The van der Waals surface area contributed by atoms with Crippen molar-refractivity contribution in [2.75, 3.05) is 6.61 Å². The van der Waals surface area contributed by atoms with Crippen molar-refractivity contribution < 1.29 is 34.4 Å². The highest BCUT2D eigenvalue weighted by atomic mass is 16.6. The average Bonchev–Trinajstić information content (AvgIpc) is 2.74. The predicted molar refractivity (Wildman–Crippen MR) is 100 cm³/mol. The van der Waals surface area contributed by atoms with Gasteiger partial charge in [0.05, 0.1) is 12.7 Å². The first-order chi connectivity index (χ1) is 13.5. The molecule has 6 rings (SSSR count). The largest absolute Gasteiger partial charge is 0.462 e. The monoisotopic (exact) mass is 406 g/mol. The second-order valence-electron chi connectivity index (χ2n) is 10.5. The molecule has 6 fully saturated rings. The third kappa shape index (κ3) is 1.86. The zero-order valence-corrected chi connectivity index (χ0v) is 17.2. The Labute approximate surface area is 170 Å². The van der Waals surface area contributed by atoms with Gasteiger partial charge >= 0.3 is 5.97 Å². The van der Waals surface area contributed by atoms with Crippen molar-refractivity contribution in [2.24, 2.45) is 34.0 Å². The minimum absolute atomic E-state index is 0.0795. The fraction of sp³-hybridized carbons (Fsp3) is 0.818. The van der Waals surface area contributed by atoms with Crippen LogP contribution in [0.15, 0.2) is 12.2 Å². The van der Waals surface area contributed by atoms with Crippen molar-refractivity contribution in [3.8, 4) is 0 Å². The van der Waals surface area contributed by atoms with Crippen LogP contribution in [0, 0.1) is 34.0 Å². The van der Waals surface area contributed by atoms with Crippen molar-refractivity contribution in [2.45, 2.75) is 70.6 Å². The van der Waals surface area contributed by atoms with Crippen molar-refractivity contribution >= 4 is 11.8 Å². The Kier molecular flexibility index (Phi) is 3.73. The van der Waals surface area contributed by atoms with E-state index in [1.807, 2.05) is 13.8 Å². The van der Waals surface area contributed by atoms with E-state index in [4.69, 9.17) is 9.47 Å². The van der Waals surface area contributed by atoms with Gasteiger partial charge in [-0.2, -0.15) is 0 Å². The lowest BCUT2D eigenvalue weighted by Gasteiger charge is -2.74. The number of esters is 1. The molecule has 9 atom stereocenters. The fourth-order valence-electron chi connectivity index (χ4n) is 8.24. The standard InChI is InChI=1S/C22H30O7/c1-10-12-5-6-13-20-9-28-22(27,21(13,16(10)24)17(12)25)18(26)15(20)19(3,4)8-7-14(20)29-11(2)23/h12-15,17-18,25-27H,1,5-9H2,2-4H3/t12-,13-,14-,15+,17+,18-,20+,21-,22+/m1/s1. The van der Waals surface area contributed by atoms with Crippen molar-refractivity contribution in [3.05, 3.63) is 12.2 Å². The molecule has 4 saturated carbocycles. The third-order valence-corrected chi connectivity index (χ3v) is 9.16. The smallest absolute Gasteiger partial charge is 0.302 e. The molecule has 2 aliphatic heterocycles. The first kappa shape index (κ1) is 19.7. The lowest BCUT2D eigenvalue weighted by molar-refractivity contribution is -0.458. The molecule has 2 heterocycles. The van der Waals surface area contributed by atoms with Crippen molar-refractivity contribution in [3.63, 3.8) is 0 Å². The molecule has 0 unspecified atom stereocenters. The summed E-state index contributed by atoms with van der Waals surface area (Å²) in [5.74, 6) is -4.38. The lowest BCUT2D eigenvalue weighted by Crippen LogP contribution is -2.85. The molecule has 4 aliphatic carbocycles. The van der Waals surface area contributed by atoms with E-state index >= 15 is 0 Å². The average molecular weight is 406 g/mol. The van der Waals surface area contributed by atoms with Gasteiger partial charge in [-0.15, -0.1) is 0 Å². The van der Waals surface area contributed by atoms with Gasteiger partial charge in [0.15, 0.2) is 5.78 Å². The number of ketones is 1. The quantitative estimate of drug-likeness (QED) is 0.439. The summed E-state index contributed by atoms with van der Waals surface area (Å²) in [5, 5.41) is 34.5. The fourth-order valence-corrected chi connectivity index (χ4v) is 8.24. The highest BCUT2D eigenvalue weighted by Gasteiger charge is 2.87. The Balaban J connectivity index is 1.79. The van der Waals surface area contributed by atoms with E-state index in [0.29, 0.717) is 31.3 Å². The number of hydrogen-bond acceptors (Lipinski definition) is 7. The molecule has 0 aromatic carbocycles. The Morgan fingerprint density at radius 3 is 2.55 bits per heavy atom. The van der Waals surface area contributed by atoms with Crippen LogP contribution in [0.4, 0.5) is 0 Å². The summed E-state index contributed by atoms with van der Waals surface area (Å²) in [6.07, 6.45) is -0.674. The normalized spacial score (nSPS) is 54.7. The molecule has 160 valence electrons. The Bertz CT molecular complexity index is 820. The minimum atomic E-state index is -2.19. The molecule has 4 bridgehead atoms. The van der Waals surface area contributed by atoms with E-state index in [9.17, 15) is 24.9 Å². The molecule has 0 aromatic rings. The van der Waals surface area contributed by atoms with Gasteiger partial charge in [-0.25, -0.2) is 0 Å². The zero-order valence-electron chi connectivity index (χ0n) is 17.2. The van der Waals surface area contributed by atoms with Crippen LogP contribution in [0.2, 0.25) is 0 Å². The van der Waals surface area contributed by atoms with Gasteiger partial charge in [0.2, 0.25) is 5.79 Å². The zero-order chi connectivity index (χ0) is 21.1. The van der Waals surface area contributed by atoms with Crippen LogP contribution in [0.25, 0.3) is 0 Å². The number of fused-ring (bicyclic) bond motifs is 2. The van der Waals surface area contributed by atoms with Crippen LogP contribution < -0.4 is 0 Å². The third-order valence-electron chi connectivity index (χ3n) is 9.16. The lowest BCUT2D eigenvalue weighted by atomic mass is 9.35. The summed E-state index contributed by atoms with van der Waals surface area (Å²) in [6.45, 7) is 9.43. The summed E-state index contributed by atoms with van der Waals surface area (Å²) < 4.78 is 11.7. The SMILES string of the molecule is C=C1C(=O)[C@]23[C@H](CC[C@H]1[C@@H]2O)[C@]12CO[C@@]3(O)[C@H](O)[C@H]1C(C)(C)CC[C@H]2OC(C)=O. The van der Waals surface area contributed by atoms with E-state index < -0.39 is 64.4 Å². The van der Waals surface area contributed by atoms with Crippen molar-refractivity contribution in [1.82, 2.24) is 0 Å². The maximum Gasteiger partial charge on any atom is 0.302 e. The number of carbonyl (C=O) groups is 2. The second kappa shape index (κ2) is 5.49. The van der Waals surface area contributed by atoms with E-state index in [-0.39, 0.29) is 12.0 Å². The molecular formula is C22H30O7. The van der Waals surface area contributed by atoms with Crippen LogP contribution >= 0.6 is 0 Å². The number of carbonyl (C=O) groups excluding carboxylic acids is 2. The van der Waals surface area contributed by atoms with Gasteiger partial charge in [0.1, 0.15) is 17.6 Å². The Morgan fingerprint density at radius 1 is 1.21 bits per heavy atom. The number of rotatable bonds is 1. The maximum absolute atomic E-state index is 13.5. The predicted octanol–water partition coefficient (Wildman–Crippen LogP) is 0.946. The summed E-state index contributed by atoms with van der Waals surface area (Å²) in [5.41, 5.74) is -2.60. The van der Waals surface area contributed by atoms with Gasteiger partial charge < -0.3 is 24.8 Å². The van der Waals surface area contributed by atoms with E-state index in [2.05, 4.69) is 6.58 Å². The Morgan fingerprint density at radius 2 is 1.90 bits per heavy atom. The van der Waals surface area contributed by atoms with Crippen LogP contribution in [0.5, 0.6) is 0 Å². The molecular weight excluding hydrogens is 376 g/mol. The number of ether oxygens (including phenoxy) is 2. The van der Waals surface area contributed by atoms with Crippen LogP contribution in [0.3, 0.4) is 0 Å². The molecule has 0 amide bonds. The molecule has 0 radical (unpaired) electrons. The van der Waals surface area contributed by atoms with Crippen LogP contribution in [-0.4, -0.2) is 57.8 Å². The van der Waals surface area contributed by atoms with Crippen molar-refractivity contribution in [1.29, 1.82) is 0 Å². The number of aliphatic hydroxyl groups is 3. The maximum atomic E-state index is 13.5.